The zero-order valence-electron chi connectivity index (χ0n) is 5.48. The number of hydrogen-bond acceptors (Lipinski definition) is 1. The van der Waals surface area contributed by atoms with Crippen LogP contribution in [0.5, 0.6) is 0 Å². The third-order valence-corrected chi connectivity index (χ3v) is 1.44. The summed E-state index contributed by atoms with van der Waals surface area (Å²) in [4.78, 5) is 0. The first-order chi connectivity index (χ1) is 3.81. The fraction of sp³-hybridized carbons (Fsp3) is 1.00. The van der Waals surface area contributed by atoms with Crippen molar-refractivity contribution >= 4 is 11.6 Å². The summed E-state index contributed by atoms with van der Waals surface area (Å²) in [5.74, 6) is 0. The molecule has 0 aromatic heterocycles. The lowest BCUT2D eigenvalue weighted by molar-refractivity contribution is 0.158. The van der Waals surface area contributed by atoms with E-state index >= 15 is 0 Å². The molecule has 1 unspecified atom stereocenters. The monoisotopic (exact) mass is 136 g/mol. The molecule has 0 saturated carbocycles. The third-order valence-electron chi connectivity index (χ3n) is 1.04. The standard InChI is InChI=1S/C6H13ClO/c1-3-4-5-6(7)8-2/h6H,3-5H2,1-2H3. The van der Waals surface area contributed by atoms with E-state index in [1.165, 1.54) is 6.42 Å². The van der Waals surface area contributed by atoms with Gasteiger partial charge in [0.05, 0.1) is 0 Å². The molecule has 0 aromatic carbocycles. The van der Waals surface area contributed by atoms with Crippen LogP contribution in [0, 0.1) is 0 Å². The van der Waals surface area contributed by atoms with Crippen molar-refractivity contribution < 1.29 is 4.74 Å². The molecule has 0 heterocycles. The predicted octanol–water partition coefficient (Wildman–Crippen LogP) is 2.39. The number of methoxy groups -OCH3 is 1. The van der Waals surface area contributed by atoms with Crippen LogP contribution in [0.15, 0.2) is 0 Å². The second kappa shape index (κ2) is 5.39. The zero-order chi connectivity index (χ0) is 6.41. The average molecular weight is 137 g/mol. The number of unbranched alkanes of at least 4 members (excludes halogenated alkanes) is 1. The molecule has 2 heteroatoms. The quantitative estimate of drug-likeness (QED) is 0.540. The number of alkyl halides is 1. The van der Waals surface area contributed by atoms with E-state index in [1.807, 2.05) is 0 Å². The highest BCUT2D eigenvalue weighted by Gasteiger charge is 1.97. The largest absolute Gasteiger partial charge is 0.366 e. The topological polar surface area (TPSA) is 9.23 Å². The number of hydrogen-bond donors (Lipinski definition) is 0. The third kappa shape index (κ3) is 4.41. The van der Waals surface area contributed by atoms with Crippen molar-refractivity contribution in [2.45, 2.75) is 31.7 Å². The van der Waals surface area contributed by atoms with E-state index in [0.29, 0.717) is 0 Å². The first-order valence-corrected chi connectivity index (χ1v) is 3.41. The number of ether oxygens (including phenoxy) is 1. The minimum atomic E-state index is -0.0741. The van der Waals surface area contributed by atoms with Crippen molar-refractivity contribution in [2.24, 2.45) is 0 Å². The van der Waals surface area contributed by atoms with Crippen molar-refractivity contribution in [3.05, 3.63) is 0 Å². The first kappa shape index (κ1) is 8.25. The zero-order valence-corrected chi connectivity index (χ0v) is 6.24. The van der Waals surface area contributed by atoms with Crippen LogP contribution in [0.1, 0.15) is 26.2 Å². The molecule has 0 aliphatic heterocycles. The van der Waals surface area contributed by atoms with Crippen LogP contribution < -0.4 is 0 Å². The minimum absolute atomic E-state index is 0.0741. The highest BCUT2D eigenvalue weighted by molar-refractivity contribution is 6.19. The van der Waals surface area contributed by atoms with E-state index < -0.39 is 0 Å². The molecule has 0 N–H and O–H groups in total. The van der Waals surface area contributed by atoms with E-state index in [1.54, 1.807) is 7.11 Å². The molecule has 0 fully saturated rings. The maximum absolute atomic E-state index is 5.62. The van der Waals surface area contributed by atoms with Crippen LogP contribution in [0.3, 0.4) is 0 Å². The molecule has 0 aliphatic carbocycles. The summed E-state index contributed by atoms with van der Waals surface area (Å²) in [5.41, 5.74) is -0.0741. The molecule has 0 radical (unpaired) electrons. The van der Waals surface area contributed by atoms with E-state index in [9.17, 15) is 0 Å². The van der Waals surface area contributed by atoms with Crippen LogP contribution in [0.2, 0.25) is 0 Å². The summed E-state index contributed by atoms with van der Waals surface area (Å²) in [6.45, 7) is 2.14. The van der Waals surface area contributed by atoms with Gasteiger partial charge in [-0.25, -0.2) is 0 Å². The lowest BCUT2D eigenvalue weighted by Crippen LogP contribution is -1.99. The van der Waals surface area contributed by atoms with Crippen LogP contribution in [-0.4, -0.2) is 12.7 Å². The SMILES string of the molecule is CCCCC(Cl)OC. The van der Waals surface area contributed by atoms with Crippen molar-refractivity contribution in [1.29, 1.82) is 0 Å². The Hall–Kier alpha value is 0.250. The Morgan fingerprint density at radius 1 is 1.62 bits per heavy atom. The van der Waals surface area contributed by atoms with Crippen LogP contribution in [-0.2, 0) is 4.74 Å². The molecule has 50 valence electrons. The summed E-state index contributed by atoms with van der Waals surface area (Å²) in [6, 6.07) is 0. The molecule has 1 nitrogen and oxygen atoms in total. The summed E-state index contributed by atoms with van der Waals surface area (Å²) in [5, 5.41) is 0. The first-order valence-electron chi connectivity index (χ1n) is 2.98. The molecule has 0 amide bonds. The smallest absolute Gasteiger partial charge is 0.130 e. The Morgan fingerprint density at radius 2 is 2.25 bits per heavy atom. The molecular formula is C6H13ClO. The molecule has 0 rings (SSSR count). The fourth-order valence-electron chi connectivity index (χ4n) is 0.482. The molecule has 8 heavy (non-hydrogen) atoms. The second-order valence-corrected chi connectivity index (χ2v) is 2.27. The van der Waals surface area contributed by atoms with Gasteiger partial charge >= 0.3 is 0 Å². The molecule has 0 aliphatic rings. The van der Waals surface area contributed by atoms with Crippen molar-refractivity contribution in [3.8, 4) is 0 Å². The van der Waals surface area contributed by atoms with Gasteiger partial charge in [0.2, 0.25) is 0 Å². The summed E-state index contributed by atoms with van der Waals surface area (Å²) in [6.07, 6.45) is 3.31. The van der Waals surface area contributed by atoms with E-state index in [-0.39, 0.29) is 5.56 Å². The number of halogens is 1. The van der Waals surface area contributed by atoms with Gasteiger partial charge in [0.25, 0.3) is 0 Å². The Morgan fingerprint density at radius 3 is 2.62 bits per heavy atom. The van der Waals surface area contributed by atoms with Gasteiger partial charge in [0.15, 0.2) is 0 Å². The van der Waals surface area contributed by atoms with Gasteiger partial charge in [0, 0.05) is 7.11 Å². The molecular weight excluding hydrogens is 124 g/mol. The van der Waals surface area contributed by atoms with Gasteiger partial charge in [0.1, 0.15) is 5.56 Å². The minimum Gasteiger partial charge on any atom is -0.366 e. The van der Waals surface area contributed by atoms with Gasteiger partial charge in [-0.2, -0.15) is 0 Å². The van der Waals surface area contributed by atoms with Crippen LogP contribution >= 0.6 is 11.6 Å². The van der Waals surface area contributed by atoms with E-state index in [4.69, 9.17) is 16.3 Å². The maximum Gasteiger partial charge on any atom is 0.130 e. The Bertz CT molecular complexity index is 47.8. The van der Waals surface area contributed by atoms with Crippen molar-refractivity contribution in [1.82, 2.24) is 0 Å². The number of rotatable bonds is 4. The van der Waals surface area contributed by atoms with Crippen LogP contribution in [0.4, 0.5) is 0 Å². The molecule has 0 saturated heterocycles. The van der Waals surface area contributed by atoms with Gasteiger partial charge in [-0.15, -0.1) is 0 Å². The van der Waals surface area contributed by atoms with Gasteiger partial charge < -0.3 is 4.74 Å². The lowest BCUT2D eigenvalue weighted by atomic mass is 10.3. The molecule has 1 atom stereocenters. The Balaban J connectivity index is 2.86. The lowest BCUT2D eigenvalue weighted by Gasteiger charge is -2.03. The van der Waals surface area contributed by atoms with E-state index in [0.717, 1.165) is 12.8 Å². The maximum atomic E-state index is 5.62. The van der Waals surface area contributed by atoms with Gasteiger partial charge in [-0.3, -0.25) is 0 Å². The Kier molecular flexibility index (Phi) is 5.56. The van der Waals surface area contributed by atoms with Gasteiger partial charge in [-0.1, -0.05) is 24.9 Å². The predicted molar refractivity (Wildman–Crippen MR) is 36.2 cm³/mol. The summed E-state index contributed by atoms with van der Waals surface area (Å²) in [7, 11) is 1.63. The van der Waals surface area contributed by atoms with Crippen LogP contribution in [0.25, 0.3) is 0 Å². The highest BCUT2D eigenvalue weighted by Crippen LogP contribution is 2.06. The Labute approximate surface area is 56.0 Å². The fourth-order valence-corrected chi connectivity index (χ4v) is 0.637. The summed E-state index contributed by atoms with van der Waals surface area (Å²) < 4.78 is 4.82. The molecule has 0 spiro atoms. The average Bonchev–Trinajstić information content (AvgIpc) is 1.83. The molecule has 0 aromatic rings. The van der Waals surface area contributed by atoms with Crippen molar-refractivity contribution in [2.75, 3.05) is 7.11 Å². The highest BCUT2D eigenvalue weighted by atomic mass is 35.5. The molecule has 0 bridgehead atoms. The van der Waals surface area contributed by atoms with Gasteiger partial charge in [-0.05, 0) is 12.8 Å². The summed E-state index contributed by atoms with van der Waals surface area (Å²) >= 11 is 5.62. The normalized spacial score (nSPS) is 13.9. The van der Waals surface area contributed by atoms with Crippen molar-refractivity contribution in [3.63, 3.8) is 0 Å². The van der Waals surface area contributed by atoms with E-state index in [2.05, 4.69) is 6.92 Å². The second-order valence-electron chi connectivity index (χ2n) is 1.79.